The highest BCUT2D eigenvalue weighted by molar-refractivity contribution is 5.53. The van der Waals surface area contributed by atoms with Gasteiger partial charge in [0.15, 0.2) is 0 Å². The SMILES string of the molecule is CCCC1CCCC(CCCCCCC2CCC(C=O)CC2)C1. The van der Waals surface area contributed by atoms with Gasteiger partial charge in [0, 0.05) is 5.92 Å². The van der Waals surface area contributed by atoms with E-state index in [2.05, 4.69) is 6.92 Å². The first-order chi connectivity index (χ1) is 11.3. The molecule has 1 heteroatoms. The molecule has 0 aliphatic heterocycles. The third-order valence-electron chi connectivity index (χ3n) is 6.65. The molecule has 23 heavy (non-hydrogen) atoms. The van der Waals surface area contributed by atoms with Crippen LogP contribution in [-0.4, -0.2) is 6.29 Å². The normalized spacial score (nSPS) is 31.9. The van der Waals surface area contributed by atoms with Crippen LogP contribution in [0.2, 0.25) is 0 Å². The van der Waals surface area contributed by atoms with E-state index >= 15 is 0 Å². The molecule has 1 nitrogen and oxygen atoms in total. The van der Waals surface area contributed by atoms with Gasteiger partial charge in [-0.15, -0.1) is 0 Å². The van der Waals surface area contributed by atoms with Gasteiger partial charge in [0.2, 0.25) is 0 Å². The molecule has 0 amide bonds. The maximum absolute atomic E-state index is 10.8. The van der Waals surface area contributed by atoms with E-state index in [1.54, 1.807) is 0 Å². The van der Waals surface area contributed by atoms with Crippen LogP contribution in [0, 0.1) is 23.7 Å². The molecule has 0 radical (unpaired) electrons. The molecule has 2 unspecified atom stereocenters. The van der Waals surface area contributed by atoms with E-state index in [1.165, 1.54) is 96.2 Å². The smallest absolute Gasteiger partial charge is 0.123 e. The van der Waals surface area contributed by atoms with Gasteiger partial charge >= 0.3 is 0 Å². The maximum atomic E-state index is 10.8. The molecule has 2 atom stereocenters. The van der Waals surface area contributed by atoms with Crippen molar-refractivity contribution in [3.05, 3.63) is 0 Å². The lowest BCUT2D eigenvalue weighted by molar-refractivity contribution is -0.112. The minimum atomic E-state index is 0.387. The topological polar surface area (TPSA) is 17.1 Å². The van der Waals surface area contributed by atoms with Crippen molar-refractivity contribution in [2.45, 2.75) is 110 Å². The van der Waals surface area contributed by atoms with E-state index in [1.807, 2.05) is 0 Å². The standard InChI is InChI=1S/C22H40O/c1-2-8-20-11-7-12-21(17-20)10-6-4-3-5-9-19-13-15-22(18-23)16-14-19/h18-22H,2-17H2,1H3. The summed E-state index contributed by atoms with van der Waals surface area (Å²) in [5, 5.41) is 0. The highest BCUT2D eigenvalue weighted by atomic mass is 16.1. The fourth-order valence-corrected chi connectivity index (χ4v) is 5.17. The van der Waals surface area contributed by atoms with Crippen molar-refractivity contribution in [3.8, 4) is 0 Å². The van der Waals surface area contributed by atoms with Crippen molar-refractivity contribution >= 4 is 6.29 Å². The second kappa shape index (κ2) is 11.3. The lowest BCUT2D eigenvalue weighted by atomic mass is 9.77. The molecule has 2 aliphatic carbocycles. The molecule has 0 bridgehead atoms. The minimum Gasteiger partial charge on any atom is -0.303 e. The van der Waals surface area contributed by atoms with Crippen LogP contribution < -0.4 is 0 Å². The number of rotatable bonds is 10. The van der Waals surface area contributed by atoms with Crippen molar-refractivity contribution in [1.29, 1.82) is 0 Å². The molecule has 0 aromatic rings. The van der Waals surface area contributed by atoms with Crippen molar-refractivity contribution in [1.82, 2.24) is 0 Å². The Bertz CT molecular complexity index is 301. The van der Waals surface area contributed by atoms with Gasteiger partial charge in [-0.25, -0.2) is 0 Å². The molecule has 0 saturated heterocycles. The van der Waals surface area contributed by atoms with Crippen molar-refractivity contribution in [2.24, 2.45) is 23.7 Å². The van der Waals surface area contributed by atoms with Gasteiger partial charge in [-0.1, -0.05) is 77.6 Å². The Morgan fingerprint density at radius 1 is 0.739 bits per heavy atom. The Hall–Kier alpha value is -0.330. The van der Waals surface area contributed by atoms with Gasteiger partial charge in [-0.3, -0.25) is 0 Å². The van der Waals surface area contributed by atoms with Gasteiger partial charge in [0.1, 0.15) is 6.29 Å². The van der Waals surface area contributed by atoms with E-state index < -0.39 is 0 Å². The summed E-state index contributed by atoms with van der Waals surface area (Å²) in [6.07, 6.45) is 23.8. The zero-order valence-corrected chi connectivity index (χ0v) is 15.6. The Labute approximate surface area is 145 Å². The molecule has 2 saturated carbocycles. The lowest BCUT2D eigenvalue weighted by Gasteiger charge is -2.29. The number of aldehydes is 1. The van der Waals surface area contributed by atoms with E-state index in [4.69, 9.17) is 0 Å². The predicted octanol–water partition coefficient (Wildman–Crippen LogP) is 6.94. The molecule has 2 rings (SSSR count). The van der Waals surface area contributed by atoms with Crippen molar-refractivity contribution < 1.29 is 4.79 Å². The van der Waals surface area contributed by atoms with Crippen LogP contribution in [0.15, 0.2) is 0 Å². The fourth-order valence-electron chi connectivity index (χ4n) is 5.17. The molecule has 0 aromatic heterocycles. The van der Waals surface area contributed by atoms with Crippen molar-refractivity contribution in [3.63, 3.8) is 0 Å². The Morgan fingerprint density at radius 2 is 1.35 bits per heavy atom. The Kier molecular flexibility index (Phi) is 9.31. The molecule has 2 fully saturated rings. The predicted molar refractivity (Wildman–Crippen MR) is 99.6 cm³/mol. The summed E-state index contributed by atoms with van der Waals surface area (Å²) in [7, 11) is 0. The molecular formula is C22H40O. The van der Waals surface area contributed by atoms with E-state index in [0.717, 1.165) is 30.6 Å². The fraction of sp³-hybridized carbons (Fsp3) is 0.955. The largest absolute Gasteiger partial charge is 0.303 e. The molecule has 0 spiro atoms. The monoisotopic (exact) mass is 320 g/mol. The highest BCUT2D eigenvalue weighted by Crippen LogP contribution is 2.35. The van der Waals surface area contributed by atoms with Crippen LogP contribution in [0.3, 0.4) is 0 Å². The second-order valence-electron chi connectivity index (χ2n) is 8.60. The lowest BCUT2D eigenvalue weighted by Crippen LogP contribution is -2.15. The summed E-state index contributed by atoms with van der Waals surface area (Å²) in [5.74, 6) is 3.43. The number of carbonyl (C=O) groups is 1. The average molecular weight is 321 g/mol. The molecule has 0 aromatic carbocycles. The van der Waals surface area contributed by atoms with Crippen LogP contribution >= 0.6 is 0 Å². The highest BCUT2D eigenvalue weighted by Gasteiger charge is 2.21. The Balaban J connectivity index is 1.44. The summed E-state index contributed by atoms with van der Waals surface area (Å²) in [5.41, 5.74) is 0. The molecule has 0 heterocycles. The van der Waals surface area contributed by atoms with Crippen LogP contribution in [0.1, 0.15) is 110 Å². The van der Waals surface area contributed by atoms with Crippen molar-refractivity contribution in [2.75, 3.05) is 0 Å². The first-order valence-electron chi connectivity index (χ1n) is 10.8. The zero-order chi connectivity index (χ0) is 16.3. The second-order valence-corrected chi connectivity index (χ2v) is 8.60. The molecular weight excluding hydrogens is 280 g/mol. The quantitative estimate of drug-likeness (QED) is 0.315. The number of hydrogen-bond acceptors (Lipinski definition) is 1. The summed E-state index contributed by atoms with van der Waals surface area (Å²) in [6.45, 7) is 2.34. The number of carbonyl (C=O) groups excluding carboxylic acids is 1. The zero-order valence-electron chi connectivity index (χ0n) is 15.6. The van der Waals surface area contributed by atoms with Gasteiger partial charge in [-0.2, -0.15) is 0 Å². The summed E-state index contributed by atoms with van der Waals surface area (Å²) < 4.78 is 0. The van der Waals surface area contributed by atoms with Gasteiger partial charge in [0.25, 0.3) is 0 Å². The molecule has 2 aliphatic rings. The number of hydrogen-bond donors (Lipinski definition) is 0. The summed E-state index contributed by atoms with van der Waals surface area (Å²) >= 11 is 0. The Morgan fingerprint density at radius 3 is 1.96 bits per heavy atom. The first kappa shape index (κ1) is 19.0. The molecule has 0 N–H and O–H groups in total. The van der Waals surface area contributed by atoms with E-state index in [-0.39, 0.29) is 0 Å². The van der Waals surface area contributed by atoms with Gasteiger partial charge in [-0.05, 0) is 49.9 Å². The molecule has 134 valence electrons. The average Bonchev–Trinajstić information content (AvgIpc) is 2.59. The number of unbranched alkanes of at least 4 members (excludes halogenated alkanes) is 3. The van der Waals surface area contributed by atoms with Crippen LogP contribution in [-0.2, 0) is 4.79 Å². The van der Waals surface area contributed by atoms with E-state index in [9.17, 15) is 4.79 Å². The van der Waals surface area contributed by atoms with E-state index in [0.29, 0.717) is 5.92 Å². The summed E-state index contributed by atoms with van der Waals surface area (Å²) in [6, 6.07) is 0. The minimum absolute atomic E-state index is 0.387. The third kappa shape index (κ3) is 7.40. The maximum Gasteiger partial charge on any atom is 0.123 e. The van der Waals surface area contributed by atoms with Gasteiger partial charge in [0.05, 0.1) is 0 Å². The summed E-state index contributed by atoms with van der Waals surface area (Å²) in [4.78, 5) is 10.8. The van der Waals surface area contributed by atoms with Crippen LogP contribution in [0.4, 0.5) is 0 Å². The third-order valence-corrected chi connectivity index (χ3v) is 6.65. The van der Waals surface area contributed by atoms with Crippen LogP contribution in [0.25, 0.3) is 0 Å². The van der Waals surface area contributed by atoms with Gasteiger partial charge < -0.3 is 4.79 Å². The van der Waals surface area contributed by atoms with Crippen LogP contribution in [0.5, 0.6) is 0 Å². The first-order valence-corrected chi connectivity index (χ1v) is 10.8.